The summed E-state index contributed by atoms with van der Waals surface area (Å²) in [7, 11) is -31.6. The summed E-state index contributed by atoms with van der Waals surface area (Å²) in [6.45, 7) is 22.8. The van der Waals surface area contributed by atoms with Crippen molar-refractivity contribution in [3.8, 4) is 0 Å². The Morgan fingerprint density at radius 1 is 0.318 bits per heavy atom. The summed E-state index contributed by atoms with van der Waals surface area (Å²) in [6, 6.07) is 6.20. The molecule has 0 aromatic heterocycles. The van der Waals surface area contributed by atoms with Gasteiger partial charge in [-0.3, -0.25) is 0 Å². The highest BCUT2D eigenvalue weighted by atomic mass is 31.3. The quantitative estimate of drug-likeness (QED) is 0.0857. The second-order valence-corrected chi connectivity index (χ2v) is 38.5. The van der Waals surface area contributed by atoms with Gasteiger partial charge in [-0.15, -0.1) is 0 Å². The van der Waals surface area contributed by atoms with Gasteiger partial charge in [0.1, 0.15) is 0 Å². The zero-order valence-corrected chi connectivity index (χ0v) is 36.8. The molecular formula is C24H60O12P4Si4. The fourth-order valence-corrected chi connectivity index (χ4v) is 34.1. The zero-order valence-electron chi connectivity index (χ0n) is 29.2. The van der Waals surface area contributed by atoms with E-state index < -0.39 is 64.6 Å². The van der Waals surface area contributed by atoms with Gasteiger partial charge >= 0.3 is 31.3 Å². The molecule has 1 rings (SSSR count). The van der Waals surface area contributed by atoms with Gasteiger partial charge in [0.05, 0.1) is 0 Å². The van der Waals surface area contributed by atoms with E-state index in [0.29, 0.717) is 72.5 Å². The Labute approximate surface area is 271 Å². The molecular weight excluding hydrogens is 716 g/mol. The lowest BCUT2D eigenvalue weighted by Crippen LogP contribution is -2.38. The van der Waals surface area contributed by atoms with Gasteiger partial charge in [-0.05, 0) is 72.5 Å². The van der Waals surface area contributed by atoms with E-state index in [-0.39, 0.29) is 0 Å². The van der Waals surface area contributed by atoms with Crippen molar-refractivity contribution in [2.45, 2.75) is 156 Å². The van der Waals surface area contributed by atoms with Crippen LogP contribution in [-0.2, 0) is 52.4 Å². The molecule has 1 aliphatic rings. The maximum atomic E-state index is 14.7. The first-order valence-electron chi connectivity index (χ1n) is 16.5. The fourth-order valence-electron chi connectivity index (χ4n) is 5.41. The molecule has 264 valence electrons. The van der Waals surface area contributed by atoms with Crippen molar-refractivity contribution in [3.63, 3.8) is 0 Å². The molecule has 0 aromatic rings. The van der Waals surface area contributed by atoms with Crippen LogP contribution in [-0.4, -0.2) is 33.3 Å². The standard InChI is InChI=1S/C24H60O12P4Si4/c1-13-41(14-2,15-3)33-37(25)29-38(26,34-42(16-4,17-5)18-6)31-40(28,36-44(22-10,23-11)24-12)32-39(27,30-37)35-43(19-7,20-8)21-9/h13-24H2,1-12H3. The molecule has 0 amide bonds. The normalized spacial score (nSPS) is 29.4. The first-order chi connectivity index (χ1) is 20.4. The SMILES string of the molecule is CC[Si](CC)(CC)OP1(=O)OP(=O)(O[Si](CC)(CC)CC)OP(=O)(O[Si](CC)(CC)CC)OP(=O)(O[Si](CC)(CC)CC)O1. The second kappa shape index (κ2) is 17.4. The van der Waals surface area contributed by atoms with E-state index >= 15 is 0 Å². The summed E-state index contributed by atoms with van der Waals surface area (Å²) in [4.78, 5) is 0. The zero-order chi connectivity index (χ0) is 34.1. The first-order valence-corrected chi connectivity index (χ1v) is 32.4. The Morgan fingerprint density at radius 2 is 0.432 bits per heavy atom. The topological polar surface area (TPSA) is 142 Å². The summed E-state index contributed by atoms with van der Waals surface area (Å²) in [6.07, 6.45) is 0. The smallest absolute Gasteiger partial charge is 0.329 e. The average molecular weight is 777 g/mol. The Kier molecular flexibility index (Phi) is 17.2. The van der Waals surface area contributed by atoms with Gasteiger partial charge in [-0.2, -0.15) is 17.2 Å². The van der Waals surface area contributed by atoms with Gasteiger partial charge in [0.15, 0.2) is 0 Å². The summed E-state index contributed by atoms with van der Waals surface area (Å²) in [5.41, 5.74) is 0. The van der Waals surface area contributed by atoms with Crippen molar-refractivity contribution >= 4 is 64.6 Å². The summed E-state index contributed by atoms with van der Waals surface area (Å²) >= 11 is 0. The molecule has 20 heteroatoms. The van der Waals surface area contributed by atoms with Crippen molar-refractivity contribution in [3.05, 3.63) is 0 Å². The Bertz CT molecular complexity index is 872. The Morgan fingerprint density at radius 3 is 0.523 bits per heavy atom. The van der Waals surface area contributed by atoms with E-state index in [1.807, 2.05) is 83.1 Å². The number of phosphoric acid groups is 4. The minimum Gasteiger partial charge on any atom is -0.329 e. The molecule has 0 bridgehead atoms. The largest absolute Gasteiger partial charge is 0.482 e. The highest BCUT2D eigenvalue weighted by Gasteiger charge is 2.62. The third-order valence-electron chi connectivity index (χ3n) is 9.75. The van der Waals surface area contributed by atoms with E-state index in [1.165, 1.54) is 0 Å². The van der Waals surface area contributed by atoms with Gasteiger partial charge in [0.25, 0.3) is 0 Å². The number of rotatable bonds is 20. The molecule has 1 fully saturated rings. The summed E-state index contributed by atoms with van der Waals surface area (Å²) in [5, 5.41) is 0. The monoisotopic (exact) mass is 776 g/mol. The molecule has 0 spiro atoms. The van der Waals surface area contributed by atoms with Crippen LogP contribution in [0.5, 0.6) is 0 Å². The Hall–Kier alpha value is 1.47. The van der Waals surface area contributed by atoms with Crippen LogP contribution >= 0.6 is 31.3 Å². The highest BCUT2D eigenvalue weighted by molar-refractivity contribution is 7.77. The lowest BCUT2D eigenvalue weighted by molar-refractivity contribution is 0.169. The predicted molar refractivity (Wildman–Crippen MR) is 188 cm³/mol. The van der Waals surface area contributed by atoms with Crippen LogP contribution in [0.4, 0.5) is 0 Å². The van der Waals surface area contributed by atoms with Crippen molar-refractivity contribution in [1.29, 1.82) is 0 Å². The Balaban J connectivity index is 4.09. The lowest BCUT2D eigenvalue weighted by Gasteiger charge is -2.41. The number of hydrogen-bond acceptors (Lipinski definition) is 12. The molecule has 1 aliphatic heterocycles. The lowest BCUT2D eigenvalue weighted by atomic mass is 10.9. The van der Waals surface area contributed by atoms with Crippen molar-refractivity contribution < 1.29 is 52.4 Å². The van der Waals surface area contributed by atoms with Gasteiger partial charge in [-0.1, -0.05) is 83.1 Å². The molecule has 1 saturated heterocycles. The molecule has 0 N–H and O–H groups in total. The molecule has 0 aliphatic carbocycles. The maximum absolute atomic E-state index is 14.7. The van der Waals surface area contributed by atoms with Crippen LogP contribution in [0.2, 0.25) is 72.5 Å². The van der Waals surface area contributed by atoms with Crippen LogP contribution in [0.25, 0.3) is 0 Å². The predicted octanol–water partition coefficient (Wildman–Crippen LogP) is 12.6. The molecule has 0 saturated carbocycles. The van der Waals surface area contributed by atoms with Crippen LogP contribution in [0, 0.1) is 0 Å². The molecule has 12 nitrogen and oxygen atoms in total. The van der Waals surface area contributed by atoms with Crippen LogP contribution in [0.1, 0.15) is 83.1 Å². The van der Waals surface area contributed by atoms with Gasteiger partial charge in [0.2, 0.25) is 33.3 Å². The molecule has 44 heavy (non-hydrogen) atoms. The summed E-state index contributed by atoms with van der Waals surface area (Å²) in [5.74, 6) is 0. The van der Waals surface area contributed by atoms with E-state index in [9.17, 15) is 18.3 Å². The molecule has 0 atom stereocenters. The highest BCUT2D eigenvalue weighted by Crippen LogP contribution is 2.85. The maximum Gasteiger partial charge on any atom is 0.482 e. The van der Waals surface area contributed by atoms with Gasteiger partial charge < -0.3 is 16.9 Å². The van der Waals surface area contributed by atoms with Crippen LogP contribution < -0.4 is 0 Å². The van der Waals surface area contributed by atoms with E-state index in [1.54, 1.807) is 0 Å². The summed E-state index contributed by atoms with van der Waals surface area (Å²) < 4.78 is 107. The van der Waals surface area contributed by atoms with Gasteiger partial charge in [-0.25, -0.2) is 18.3 Å². The average Bonchev–Trinajstić information content (AvgIpc) is 2.99. The van der Waals surface area contributed by atoms with Crippen molar-refractivity contribution in [2.24, 2.45) is 0 Å². The third kappa shape index (κ3) is 10.7. The molecule has 1 heterocycles. The minimum atomic E-state index is -5.05. The van der Waals surface area contributed by atoms with E-state index in [2.05, 4.69) is 0 Å². The van der Waals surface area contributed by atoms with Crippen LogP contribution in [0.15, 0.2) is 0 Å². The van der Waals surface area contributed by atoms with E-state index in [0.717, 1.165) is 0 Å². The first kappa shape index (κ1) is 43.5. The van der Waals surface area contributed by atoms with Crippen LogP contribution in [0.3, 0.4) is 0 Å². The number of hydrogen-bond donors (Lipinski definition) is 0. The molecule has 0 radical (unpaired) electrons. The minimum absolute atomic E-state index is 0.517. The van der Waals surface area contributed by atoms with Gasteiger partial charge in [0, 0.05) is 0 Å². The van der Waals surface area contributed by atoms with E-state index in [4.69, 9.17) is 34.1 Å². The molecule has 0 unspecified atom stereocenters. The third-order valence-corrected chi connectivity index (χ3v) is 41.4. The second-order valence-electron chi connectivity index (χ2n) is 11.5. The molecule has 0 aromatic carbocycles. The van der Waals surface area contributed by atoms with Crippen molar-refractivity contribution in [1.82, 2.24) is 0 Å². The van der Waals surface area contributed by atoms with Crippen molar-refractivity contribution in [2.75, 3.05) is 0 Å². The fraction of sp³-hybridized carbons (Fsp3) is 1.00.